The van der Waals surface area contributed by atoms with Crippen molar-refractivity contribution in [2.75, 3.05) is 27.2 Å². The number of hydrogen-bond acceptors (Lipinski definition) is 3. The molecule has 1 amide bonds. The zero-order valence-electron chi connectivity index (χ0n) is 14.5. The molecule has 0 aromatic heterocycles. The fraction of sp³-hybridized carbons (Fsp3) is 0.875. The number of hydrogen-bond donors (Lipinski definition) is 1. The van der Waals surface area contributed by atoms with Crippen LogP contribution in [-0.2, 0) is 9.59 Å². The van der Waals surface area contributed by atoms with Crippen LogP contribution in [0, 0.1) is 16.7 Å². The second-order valence-electron chi connectivity index (χ2n) is 7.89. The Labute approximate surface area is 124 Å². The summed E-state index contributed by atoms with van der Waals surface area (Å²) in [7, 11) is 3.94. The Morgan fingerprint density at radius 1 is 1.05 bits per heavy atom. The second kappa shape index (κ2) is 7.21. The maximum absolute atomic E-state index is 12.4. The van der Waals surface area contributed by atoms with E-state index in [0.717, 1.165) is 6.54 Å². The van der Waals surface area contributed by atoms with Gasteiger partial charge in [-0.25, -0.2) is 0 Å². The number of nitrogens with one attached hydrogen (secondary N) is 1. The molecule has 118 valence electrons. The van der Waals surface area contributed by atoms with Crippen molar-refractivity contribution in [3.8, 4) is 0 Å². The quantitative estimate of drug-likeness (QED) is 0.814. The lowest BCUT2D eigenvalue weighted by atomic mass is 9.74. The van der Waals surface area contributed by atoms with Gasteiger partial charge in [0.05, 0.1) is 0 Å². The van der Waals surface area contributed by atoms with Crippen molar-refractivity contribution in [2.24, 2.45) is 16.7 Å². The minimum atomic E-state index is -0.395. The molecule has 0 aliphatic carbocycles. The van der Waals surface area contributed by atoms with Gasteiger partial charge in [0, 0.05) is 30.8 Å². The lowest BCUT2D eigenvalue weighted by molar-refractivity contribution is -0.136. The summed E-state index contributed by atoms with van der Waals surface area (Å²) in [4.78, 5) is 26.6. The molecule has 0 fully saturated rings. The van der Waals surface area contributed by atoms with Crippen LogP contribution in [0.15, 0.2) is 0 Å². The molecular weight excluding hydrogens is 252 g/mol. The van der Waals surface area contributed by atoms with Gasteiger partial charge in [-0.2, -0.15) is 0 Å². The topological polar surface area (TPSA) is 49.4 Å². The Morgan fingerprint density at radius 3 is 1.90 bits per heavy atom. The standard InChI is InChI=1S/C16H32N2O2/c1-15(2,3)12(11-13(19)16(4,5)6)14(20)17-9-10-18(7)8/h12H,9-11H2,1-8H3,(H,17,20). The number of nitrogens with zero attached hydrogens (tertiary/aromatic N) is 1. The molecule has 0 bridgehead atoms. The van der Waals surface area contributed by atoms with Gasteiger partial charge >= 0.3 is 0 Å². The number of rotatable bonds is 6. The molecular formula is C16H32N2O2. The van der Waals surface area contributed by atoms with Gasteiger partial charge in [0.2, 0.25) is 5.91 Å². The third-order valence-electron chi connectivity index (χ3n) is 3.45. The smallest absolute Gasteiger partial charge is 0.224 e. The van der Waals surface area contributed by atoms with E-state index in [2.05, 4.69) is 5.32 Å². The zero-order chi connectivity index (χ0) is 16.1. The molecule has 0 saturated carbocycles. The maximum Gasteiger partial charge on any atom is 0.224 e. The summed E-state index contributed by atoms with van der Waals surface area (Å²) in [6.45, 7) is 13.2. The van der Waals surface area contributed by atoms with Gasteiger partial charge in [-0.15, -0.1) is 0 Å². The SMILES string of the molecule is CN(C)CCNC(=O)C(CC(=O)C(C)(C)C)C(C)(C)C. The van der Waals surface area contributed by atoms with E-state index >= 15 is 0 Å². The molecule has 0 radical (unpaired) electrons. The monoisotopic (exact) mass is 284 g/mol. The molecule has 0 aromatic rings. The molecule has 0 spiro atoms. The Bertz CT molecular complexity index is 335. The van der Waals surface area contributed by atoms with Crippen molar-refractivity contribution in [3.63, 3.8) is 0 Å². The molecule has 0 aromatic carbocycles. The molecule has 1 N–H and O–H groups in total. The average Bonchev–Trinajstić information content (AvgIpc) is 2.21. The Kier molecular flexibility index (Phi) is 6.88. The maximum atomic E-state index is 12.4. The first-order chi connectivity index (χ1) is 8.85. The molecule has 1 unspecified atom stereocenters. The average molecular weight is 284 g/mol. The van der Waals surface area contributed by atoms with Crippen LogP contribution in [-0.4, -0.2) is 43.8 Å². The molecule has 0 heterocycles. The lowest BCUT2D eigenvalue weighted by Crippen LogP contribution is -2.42. The van der Waals surface area contributed by atoms with E-state index in [9.17, 15) is 9.59 Å². The van der Waals surface area contributed by atoms with E-state index in [1.54, 1.807) is 0 Å². The first-order valence-corrected chi connectivity index (χ1v) is 7.31. The third-order valence-corrected chi connectivity index (χ3v) is 3.45. The van der Waals surface area contributed by atoms with E-state index in [-0.39, 0.29) is 23.0 Å². The molecule has 0 rings (SSSR count). The number of Topliss-reactive ketones (excluding diaryl/α,β-unsaturated/α-hetero) is 1. The predicted octanol–water partition coefficient (Wildman–Crippen LogP) is 2.33. The van der Waals surface area contributed by atoms with E-state index in [1.807, 2.05) is 60.5 Å². The molecule has 0 aliphatic rings. The second-order valence-corrected chi connectivity index (χ2v) is 7.89. The number of carbonyl (C=O) groups excluding carboxylic acids is 2. The minimum absolute atomic E-state index is 0.0167. The summed E-state index contributed by atoms with van der Waals surface area (Å²) in [5.74, 6) is -0.159. The number of amides is 1. The van der Waals surface area contributed by atoms with Crippen LogP contribution in [0.2, 0.25) is 0 Å². The van der Waals surface area contributed by atoms with Gasteiger partial charge in [0.15, 0.2) is 0 Å². The lowest BCUT2D eigenvalue weighted by Gasteiger charge is -2.31. The largest absolute Gasteiger partial charge is 0.355 e. The van der Waals surface area contributed by atoms with Crippen molar-refractivity contribution in [1.82, 2.24) is 10.2 Å². The number of ketones is 1. The van der Waals surface area contributed by atoms with Gasteiger partial charge < -0.3 is 10.2 Å². The Balaban J connectivity index is 4.74. The van der Waals surface area contributed by atoms with Crippen LogP contribution in [0.1, 0.15) is 48.0 Å². The summed E-state index contributed by atoms with van der Waals surface area (Å²) in [6.07, 6.45) is 0.306. The molecule has 20 heavy (non-hydrogen) atoms. The molecule has 0 saturated heterocycles. The van der Waals surface area contributed by atoms with E-state index in [1.165, 1.54) is 0 Å². The van der Waals surface area contributed by atoms with Gasteiger partial charge in [-0.3, -0.25) is 9.59 Å². The molecule has 4 nitrogen and oxygen atoms in total. The van der Waals surface area contributed by atoms with Crippen LogP contribution in [0.25, 0.3) is 0 Å². The minimum Gasteiger partial charge on any atom is -0.355 e. The van der Waals surface area contributed by atoms with Crippen molar-refractivity contribution in [1.29, 1.82) is 0 Å². The summed E-state index contributed by atoms with van der Waals surface area (Å²) in [5.41, 5.74) is -0.615. The fourth-order valence-corrected chi connectivity index (χ4v) is 1.81. The van der Waals surface area contributed by atoms with Crippen molar-refractivity contribution < 1.29 is 9.59 Å². The fourth-order valence-electron chi connectivity index (χ4n) is 1.81. The van der Waals surface area contributed by atoms with Gasteiger partial charge in [-0.1, -0.05) is 41.5 Å². The summed E-state index contributed by atoms with van der Waals surface area (Å²) >= 11 is 0. The van der Waals surface area contributed by atoms with Gasteiger partial charge in [-0.05, 0) is 19.5 Å². The van der Waals surface area contributed by atoms with Crippen LogP contribution < -0.4 is 5.32 Å². The summed E-state index contributed by atoms with van der Waals surface area (Å²) < 4.78 is 0. The predicted molar refractivity (Wildman–Crippen MR) is 83.6 cm³/mol. The van der Waals surface area contributed by atoms with Crippen molar-refractivity contribution >= 4 is 11.7 Å². The first kappa shape index (κ1) is 19.1. The van der Waals surface area contributed by atoms with Crippen molar-refractivity contribution in [2.45, 2.75) is 48.0 Å². The highest BCUT2D eigenvalue weighted by atomic mass is 16.2. The molecule has 4 heteroatoms. The van der Waals surface area contributed by atoms with Crippen LogP contribution in [0.3, 0.4) is 0 Å². The van der Waals surface area contributed by atoms with Crippen LogP contribution in [0.4, 0.5) is 0 Å². The highest BCUT2D eigenvalue weighted by Crippen LogP contribution is 2.32. The van der Waals surface area contributed by atoms with E-state index < -0.39 is 5.41 Å². The third kappa shape index (κ3) is 7.04. The number of carbonyl (C=O) groups is 2. The Hall–Kier alpha value is -0.900. The molecule has 0 aliphatic heterocycles. The van der Waals surface area contributed by atoms with Crippen molar-refractivity contribution in [3.05, 3.63) is 0 Å². The van der Waals surface area contributed by atoms with Gasteiger partial charge in [0.25, 0.3) is 0 Å². The molecule has 1 atom stereocenters. The zero-order valence-corrected chi connectivity index (χ0v) is 14.5. The first-order valence-electron chi connectivity index (χ1n) is 7.31. The number of likely N-dealkylation sites (N-methyl/N-ethyl adjacent to an activating group) is 1. The highest BCUT2D eigenvalue weighted by Gasteiger charge is 2.35. The van der Waals surface area contributed by atoms with Crippen LogP contribution >= 0.6 is 0 Å². The summed E-state index contributed by atoms with van der Waals surface area (Å²) in [5, 5.41) is 2.94. The van der Waals surface area contributed by atoms with E-state index in [0.29, 0.717) is 13.0 Å². The highest BCUT2D eigenvalue weighted by molar-refractivity contribution is 5.89. The van der Waals surface area contributed by atoms with Crippen LogP contribution in [0.5, 0.6) is 0 Å². The Morgan fingerprint density at radius 2 is 1.55 bits per heavy atom. The van der Waals surface area contributed by atoms with Gasteiger partial charge in [0.1, 0.15) is 5.78 Å². The normalized spacial score (nSPS) is 14.2. The van der Waals surface area contributed by atoms with E-state index in [4.69, 9.17) is 0 Å². The summed E-state index contributed by atoms with van der Waals surface area (Å²) in [6, 6.07) is 0.